The molecule has 7 rings (SSSR count). The van der Waals surface area contributed by atoms with Gasteiger partial charge in [-0.05, 0) is 227 Å². The lowest BCUT2D eigenvalue weighted by Crippen LogP contribution is -2.19. The van der Waals surface area contributed by atoms with Crippen molar-refractivity contribution in [2.75, 3.05) is 39.3 Å². The third-order valence-corrected chi connectivity index (χ3v) is 18.4. The molecule has 7 nitrogen and oxygen atoms in total. The molecule has 0 atom stereocenters. The quantitative estimate of drug-likeness (QED) is 0.139. The van der Waals surface area contributed by atoms with Crippen LogP contribution in [0.5, 0.6) is 23.0 Å². The lowest BCUT2D eigenvalue weighted by Gasteiger charge is -2.26. The number of nitrogens with two attached hydrogens (primary N) is 1. The number of rotatable bonds is 8. The van der Waals surface area contributed by atoms with Crippen molar-refractivity contribution in [1.29, 1.82) is 0 Å². The number of aryl methyl sites for hydroxylation is 5. The van der Waals surface area contributed by atoms with Gasteiger partial charge in [0.25, 0.3) is 0 Å². The molecule has 0 aliphatic rings. The molecule has 0 aliphatic heterocycles. The first kappa shape index (κ1) is 94.2. The highest BCUT2D eigenvalue weighted by atomic mass is 35.5. The molecule has 554 valence electrons. The minimum absolute atomic E-state index is 0. The average molecular weight is 1480 g/mol. The predicted molar refractivity (Wildman–Crippen MR) is 440 cm³/mol. The number of aromatic hydroxyl groups is 1. The number of anilines is 1. The highest BCUT2D eigenvalue weighted by molar-refractivity contribution is 6.33. The zero-order valence-electron chi connectivity index (χ0n) is 66.0. The Morgan fingerprint density at radius 2 is 0.758 bits per heavy atom. The Morgan fingerprint density at radius 3 is 1.11 bits per heavy atom. The van der Waals surface area contributed by atoms with E-state index in [2.05, 4.69) is 221 Å². The van der Waals surface area contributed by atoms with E-state index in [1.807, 2.05) is 96.1 Å². The smallest absolute Gasteiger partial charge is 0.123 e. The van der Waals surface area contributed by atoms with Crippen molar-refractivity contribution in [1.82, 2.24) is 0 Å². The second kappa shape index (κ2) is 39.7. The molecule has 0 amide bonds. The molecule has 0 bridgehead atoms. The van der Waals surface area contributed by atoms with Crippen molar-refractivity contribution < 1.29 is 24.4 Å². The fraction of sp³-hybridized carbons (Fsp3) is 0.512. The van der Waals surface area contributed by atoms with Gasteiger partial charge < -0.3 is 35.1 Å². The lowest BCUT2D eigenvalue weighted by molar-refractivity contribution is 0.279. The van der Waals surface area contributed by atoms with Crippen LogP contribution in [0.1, 0.15) is 250 Å². The molecule has 13 heteroatoms. The molecule has 99 heavy (non-hydrogen) atoms. The molecule has 0 aromatic heterocycles. The van der Waals surface area contributed by atoms with E-state index in [1.165, 1.54) is 44.6 Å². The van der Waals surface area contributed by atoms with Crippen LogP contribution in [0.25, 0.3) is 0 Å². The molecule has 0 saturated heterocycles. The van der Waals surface area contributed by atoms with Gasteiger partial charge in [0.2, 0.25) is 0 Å². The van der Waals surface area contributed by atoms with Gasteiger partial charge in [-0.25, -0.2) is 0 Å². The summed E-state index contributed by atoms with van der Waals surface area (Å²) in [6, 6.07) is 32.3. The number of aliphatic hydroxyl groups is 1. The van der Waals surface area contributed by atoms with Gasteiger partial charge in [-0.2, -0.15) is 0 Å². The second-order valence-corrected chi connectivity index (χ2v) is 35.0. The molecule has 0 spiro atoms. The van der Waals surface area contributed by atoms with E-state index in [0.717, 1.165) is 81.3 Å². The number of halogens is 6. The van der Waals surface area contributed by atoms with Crippen molar-refractivity contribution in [3.8, 4) is 23.0 Å². The molecule has 0 saturated carbocycles. The third kappa shape index (κ3) is 30.6. The Hall–Kier alpha value is -4.80. The van der Waals surface area contributed by atoms with E-state index in [0.29, 0.717) is 36.1 Å². The molecular formula is C86H128Cl6N2O5. The van der Waals surface area contributed by atoms with E-state index in [9.17, 15) is 5.11 Å². The van der Waals surface area contributed by atoms with Gasteiger partial charge in [-0.3, -0.25) is 0 Å². The van der Waals surface area contributed by atoms with Crippen LogP contribution < -0.4 is 24.8 Å². The first-order chi connectivity index (χ1) is 44.5. The summed E-state index contributed by atoms with van der Waals surface area (Å²) < 4.78 is 16.6. The first-order valence-electron chi connectivity index (χ1n) is 33.9. The fourth-order valence-corrected chi connectivity index (χ4v) is 11.1. The minimum atomic E-state index is -0.0661. The number of methoxy groups -OCH3 is 1. The average Bonchev–Trinajstić information content (AvgIpc) is 0.843. The molecular weight excluding hydrogens is 1350 g/mol. The topological polar surface area (TPSA) is 97.4 Å². The van der Waals surface area contributed by atoms with Gasteiger partial charge in [-0.15, -0.1) is 0 Å². The summed E-state index contributed by atoms with van der Waals surface area (Å²) in [6.07, 6.45) is 0. The van der Waals surface area contributed by atoms with E-state index < -0.39 is 0 Å². The van der Waals surface area contributed by atoms with Gasteiger partial charge in [0.15, 0.2) is 0 Å². The zero-order valence-corrected chi connectivity index (χ0v) is 70.5. The summed E-state index contributed by atoms with van der Waals surface area (Å²) in [4.78, 5) is 2.12. The number of aliphatic hydroxyl groups excluding tert-OH is 1. The van der Waals surface area contributed by atoms with Gasteiger partial charge in [-0.1, -0.05) is 253 Å². The van der Waals surface area contributed by atoms with Crippen molar-refractivity contribution in [3.05, 3.63) is 211 Å². The summed E-state index contributed by atoms with van der Waals surface area (Å²) in [6.45, 7) is 63.2. The Labute approximate surface area is 633 Å². The zero-order chi connectivity index (χ0) is 76.4. The molecule has 0 heterocycles. The minimum Gasteiger partial charge on any atom is -0.507 e. The summed E-state index contributed by atoms with van der Waals surface area (Å²) in [5, 5.41) is 23.4. The SMILES string of the molecule is C.CC(C)(C)c1ccc(CN)c(Cl)c1.CCOc1cc(C)c(Cl)cc1C(C)(C)C.CCOc1cc(CO)c(Cl)cc1C(C)(C)C.CN(C)c1ccc(Cl)cc1C(C)(C)C.COc1cc(C)c(Cl)cc1C(C)(C)C.Cc1cc(C(C)(C)C)cc(C)c1O.Cc1cc(C(C)(C)C)cc(Cl)c1C. The molecule has 4 N–H and O–H groups in total. The number of phenolic OH excluding ortho intramolecular Hbond substituents is 1. The molecule has 0 aliphatic carbocycles. The maximum absolute atomic E-state index is 9.60. The molecule has 0 radical (unpaired) electrons. The van der Waals surface area contributed by atoms with Gasteiger partial charge in [0, 0.05) is 73.2 Å². The highest BCUT2D eigenvalue weighted by Crippen LogP contribution is 2.40. The lowest BCUT2D eigenvalue weighted by atomic mass is 9.85. The summed E-state index contributed by atoms with van der Waals surface area (Å²) in [7, 11) is 5.80. The van der Waals surface area contributed by atoms with E-state index >= 15 is 0 Å². The first-order valence-corrected chi connectivity index (χ1v) is 36.2. The third-order valence-electron chi connectivity index (χ3n) is 16.3. The fourth-order valence-electron chi connectivity index (χ4n) is 9.82. The second-order valence-electron chi connectivity index (χ2n) is 32.5. The number of hydrogen-bond donors (Lipinski definition) is 3. The summed E-state index contributed by atoms with van der Waals surface area (Å²) >= 11 is 36.5. The normalized spacial score (nSPS) is 11.6. The number of nitrogens with zero attached hydrogens (tertiary/aromatic N) is 1. The summed E-state index contributed by atoms with van der Waals surface area (Å²) in [5.74, 6) is 3.10. The van der Waals surface area contributed by atoms with Crippen LogP contribution in [0, 0.1) is 41.5 Å². The maximum Gasteiger partial charge on any atom is 0.123 e. The number of benzene rings is 7. The van der Waals surface area contributed by atoms with E-state index in [-0.39, 0.29) is 51.9 Å². The molecule has 7 aromatic rings. The van der Waals surface area contributed by atoms with Gasteiger partial charge >= 0.3 is 0 Å². The van der Waals surface area contributed by atoms with Crippen LogP contribution in [0.3, 0.4) is 0 Å². The van der Waals surface area contributed by atoms with Crippen molar-refractivity contribution >= 4 is 75.3 Å². The van der Waals surface area contributed by atoms with Crippen LogP contribution in [-0.4, -0.2) is 44.6 Å². The molecule has 7 aromatic carbocycles. The Kier molecular flexibility index (Phi) is 37.8. The van der Waals surface area contributed by atoms with Gasteiger partial charge in [0.1, 0.15) is 23.0 Å². The van der Waals surface area contributed by atoms with Crippen LogP contribution in [-0.2, 0) is 51.1 Å². The van der Waals surface area contributed by atoms with Crippen LogP contribution in [0.4, 0.5) is 5.69 Å². The predicted octanol–water partition coefficient (Wildman–Crippen LogP) is 26.8. The van der Waals surface area contributed by atoms with Crippen molar-refractivity contribution in [3.63, 3.8) is 0 Å². The Bertz CT molecular complexity index is 3560. The van der Waals surface area contributed by atoms with Crippen molar-refractivity contribution in [2.45, 2.75) is 259 Å². The standard InChI is InChI=1S/C13H19ClO2.C13H19ClO.C12H18ClN.C12H17ClO.C12H17Cl.C12H18O.C11H16ClN.CH4/c1-5-16-12-6-9(8-15)11(14)7-10(12)13(2,3)4;1-6-15-12-7-9(2)11(14)8-10(12)13(3,4)5;1-12(2,3)10-8-9(13)6-7-11(10)14(4)5;1-8-6-11(14-5)9(7-10(8)13)12(2,3)4;1-8-6-10(12(3,4)5)7-11(13)9(8)2;1-8-6-10(12(3,4)5)7-9(2)11(8)13;1-11(2,3)9-5-4-8(7-13)10(12)6-9;/h6-7,15H,5,8H2,1-4H3;7-8H,6H2,1-5H3;6-8H,1-5H3;6-7H,1-5H3;6-7H,1-5H3;6-7,13H,1-5H3;4-6H,7,13H2,1-3H3;1H4. The Morgan fingerprint density at radius 1 is 0.394 bits per heavy atom. The molecule has 0 unspecified atom stereocenters. The highest BCUT2D eigenvalue weighted by Gasteiger charge is 2.25. The largest absolute Gasteiger partial charge is 0.507 e. The Balaban J connectivity index is 0.00000113. The number of hydrogen-bond acceptors (Lipinski definition) is 7. The van der Waals surface area contributed by atoms with Crippen LogP contribution in [0.2, 0.25) is 30.1 Å². The van der Waals surface area contributed by atoms with E-state index in [4.69, 9.17) is 94.7 Å². The number of phenols is 1. The van der Waals surface area contributed by atoms with Gasteiger partial charge in [0.05, 0.1) is 26.9 Å². The van der Waals surface area contributed by atoms with E-state index in [1.54, 1.807) is 7.11 Å². The van der Waals surface area contributed by atoms with Crippen LogP contribution in [0.15, 0.2) is 97.1 Å². The van der Waals surface area contributed by atoms with Crippen molar-refractivity contribution in [2.24, 2.45) is 5.73 Å². The molecule has 0 fully saturated rings. The maximum atomic E-state index is 9.60. The number of ether oxygens (including phenoxy) is 3. The monoisotopic (exact) mass is 1480 g/mol. The summed E-state index contributed by atoms with van der Waals surface area (Å²) in [5.41, 5.74) is 24.2. The van der Waals surface area contributed by atoms with Crippen LogP contribution >= 0.6 is 69.6 Å².